The van der Waals surface area contributed by atoms with Gasteiger partial charge in [-0.3, -0.25) is 0 Å². The van der Waals surface area contributed by atoms with E-state index in [4.69, 9.17) is 9.26 Å². The fourth-order valence-electron chi connectivity index (χ4n) is 2.06. The average Bonchev–Trinajstić information content (AvgIpc) is 3.02. The molecule has 1 fully saturated rings. The first-order valence-corrected chi connectivity index (χ1v) is 6.90. The molecule has 108 valence electrons. The predicted octanol–water partition coefficient (Wildman–Crippen LogP) is 0.960. The molecule has 1 N–H and O–H groups in total. The molecule has 1 aliphatic heterocycles. The van der Waals surface area contributed by atoms with E-state index < -0.39 is 0 Å². The number of aromatic nitrogens is 5. The Kier molecular flexibility index (Phi) is 3.75. The minimum absolute atomic E-state index is 0.136. The Morgan fingerprint density at radius 2 is 2.35 bits per heavy atom. The van der Waals surface area contributed by atoms with Gasteiger partial charge < -0.3 is 14.6 Å². The zero-order valence-electron chi connectivity index (χ0n) is 11.6. The van der Waals surface area contributed by atoms with Crippen LogP contribution < -0.4 is 5.32 Å². The summed E-state index contributed by atoms with van der Waals surface area (Å²) in [5.74, 6) is 0.945. The molecule has 2 aromatic heterocycles. The van der Waals surface area contributed by atoms with Crippen molar-refractivity contribution in [3.8, 4) is 11.6 Å². The van der Waals surface area contributed by atoms with Crippen LogP contribution in [0.5, 0.6) is 0 Å². The maximum absolute atomic E-state index is 5.56. The zero-order chi connectivity index (χ0) is 13.9. The first-order chi connectivity index (χ1) is 9.81. The molecule has 0 radical (unpaired) electrons. The van der Waals surface area contributed by atoms with Crippen molar-refractivity contribution >= 4 is 0 Å². The number of ether oxygens (including phenoxy) is 1. The topological polar surface area (TPSA) is 90.9 Å². The number of nitrogens with zero attached hydrogens (tertiary/aromatic N) is 5. The Labute approximate surface area is 116 Å². The zero-order valence-corrected chi connectivity index (χ0v) is 11.6. The van der Waals surface area contributed by atoms with Crippen LogP contribution in [-0.4, -0.2) is 44.8 Å². The highest BCUT2D eigenvalue weighted by atomic mass is 16.5. The van der Waals surface area contributed by atoms with Gasteiger partial charge in [0, 0.05) is 19.7 Å². The van der Waals surface area contributed by atoms with Crippen LogP contribution in [0.2, 0.25) is 0 Å². The van der Waals surface area contributed by atoms with Crippen LogP contribution in [0.1, 0.15) is 38.2 Å². The average molecular weight is 278 g/mol. The molecule has 0 amide bonds. The van der Waals surface area contributed by atoms with Gasteiger partial charge in [0.15, 0.2) is 5.69 Å². The smallest absolute Gasteiger partial charge is 0.280 e. The van der Waals surface area contributed by atoms with Crippen LogP contribution in [0.3, 0.4) is 0 Å². The van der Waals surface area contributed by atoms with Gasteiger partial charge in [-0.25, -0.2) is 4.68 Å². The molecule has 3 rings (SSSR count). The Morgan fingerprint density at radius 3 is 3.00 bits per heavy atom. The van der Waals surface area contributed by atoms with Gasteiger partial charge in [-0.2, -0.15) is 4.98 Å². The molecule has 2 aromatic rings. The Hall–Kier alpha value is -1.80. The summed E-state index contributed by atoms with van der Waals surface area (Å²) in [7, 11) is 0. The highest BCUT2D eigenvalue weighted by Crippen LogP contribution is 2.22. The second kappa shape index (κ2) is 5.68. The van der Waals surface area contributed by atoms with E-state index in [0.29, 0.717) is 30.1 Å². The highest BCUT2D eigenvalue weighted by molar-refractivity contribution is 5.43. The van der Waals surface area contributed by atoms with Gasteiger partial charge in [-0.15, -0.1) is 5.10 Å². The number of rotatable bonds is 6. The molecule has 0 aromatic carbocycles. The lowest BCUT2D eigenvalue weighted by Gasteiger charge is -2.26. The van der Waals surface area contributed by atoms with E-state index in [2.05, 4.69) is 25.8 Å². The molecule has 8 nitrogen and oxygen atoms in total. The normalized spacial score (nSPS) is 17.1. The Bertz CT molecular complexity index is 562. The third-order valence-electron chi connectivity index (χ3n) is 3.33. The SMILES string of the molecule is CCOC(CC)c1noc(-c2cn(C3CNC3)nn2)n1. The summed E-state index contributed by atoms with van der Waals surface area (Å²) in [6.45, 7) is 6.42. The predicted molar refractivity (Wildman–Crippen MR) is 69.9 cm³/mol. The van der Waals surface area contributed by atoms with Gasteiger partial charge >= 0.3 is 0 Å². The summed E-state index contributed by atoms with van der Waals surface area (Å²) in [6, 6.07) is 0.366. The first-order valence-electron chi connectivity index (χ1n) is 6.90. The van der Waals surface area contributed by atoms with Gasteiger partial charge in [-0.05, 0) is 13.3 Å². The lowest BCUT2D eigenvalue weighted by atomic mass is 10.2. The molecule has 0 aliphatic carbocycles. The van der Waals surface area contributed by atoms with Crippen molar-refractivity contribution in [3.63, 3.8) is 0 Å². The van der Waals surface area contributed by atoms with E-state index in [1.54, 1.807) is 0 Å². The Balaban J connectivity index is 1.76. The second-order valence-electron chi connectivity index (χ2n) is 4.71. The summed E-state index contributed by atoms with van der Waals surface area (Å²) >= 11 is 0. The van der Waals surface area contributed by atoms with Crippen molar-refractivity contribution < 1.29 is 9.26 Å². The van der Waals surface area contributed by atoms with Gasteiger partial charge in [0.2, 0.25) is 5.82 Å². The molecule has 0 saturated carbocycles. The third-order valence-corrected chi connectivity index (χ3v) is 3.33. The van der Waals surface area contributed by atoms with Crippen LogP contribution >= 0.6 is 0 Å². The van der Waals surface area contributed by atoms with Crippen LogP contribution in [-0.2, 0) is 4.74 Å². The van der Waals surface area contributed by atoms with Crippen LogP contribution in [0.25, 0.3) is 11.6 Å². The Morgan fingerprint density at radius 1 is 1.50 bits per heavy atom. The molecule has 20 heavy (non-hydrogen) atoms. The van der Waals surface area contributed by atoms with Gasteiger partial charge in [0.25, 0.3) is 5.89 Å². The molecule has 0 spiro atoms. The highest BCUT2D eigenvalue weighted by Gasteiger charge is 2.23. The van der Waals surface area contributed by atoms with Crippen molar-refractivity contribution in [2.45, 2.75) is 32.4 Å². The summed E-state index contributed by atoms with van der Waals surface area (Å²) < 4.78 is 12.6. The summed E-state index contributed by atoms with van der Waals surface area (Å²) in [4.78, 5) is 4.35. The van der Waals surface area contributed by atoms with Crippen molar-refractivity contribution in [1.29, 1.82) is 0 Å². The third kappa shape index (κ3) is 2.44. The van der Waals surface area contributed by atoms with Crippen LogP contribution in [0.15, 0.2) is 10.7 Å². The van der Waals surface area contributed by atoms with Gasteiger partial charge in [0.05, 0.1) is 12.2 Å². The molecular formula is C12H18N6O2. The minimum Gasteiger partial charge on any atom is -0.370 e. The molecular weight excluding hydrogens is 260 g/mol. The van der Waals surface area contributed by atoms with E-state index >= 15 is 0 Å². The molecule has 0 bridgehead atoms. The quantitative estimate of drug-likeness (QED) is 0.841. The van der Waals surface area contributed by atoms with E-state index in [0.717, 1.165) is 19.5 Å². The molecule has 1 unspecified atom stereocenters. The van der Waals surface area contributed by atoms with Crippen LogP contribution in [0.4, 0.5) is 0 Å². The molecule has 3 heterocycles. The molecule has 1 saturated heterocycles. The van der Waals surface area contributed by atoms with Crippen LogP contribution in [0, 0.1) is 0 Å². The largest absolute Gasteiger partial charge is 0.370 e. The summed E-state index contributed by atoms with van der Waals surface area (Å²) in [5.41, 5.74) is 0.599. The number of hydrogen-bond donors (Lipinski definition) is 1. The van der Waals surface area contributed by atoms with Gasteiger partial charge in [0.1, 0.15) is 6.10 Å². The second-order valence-corrected chi connectivity index (χ2v) is 4.71. The maximum atomic E-state index is 5.56. The molecule has 8 heteroatoms. The lowest BCUT2D eigenvalue weighted by Crippen LogP contribution is -2.43. The first kappa shape index (κ1) is 13.2. The number of nitrogens with one attached hydrogen (secondary N) is 1. The summed E-state index contributed by atoms with van der Waals surface area (Å²) in [5, 5.41) is 15.3. The van der Waals surface area contributed by atoms with Gasteiger partial charge in [-0.1, -0.05) is 17.3 Å². The van der Waals surface area contributed by atoms with E-state index in [9.17, 15) is 0 Å². The van der Waals surface area contributed by atoms with E-state index in [-0.39, 0.29) is 6.10 Å². The standard InChI is InChI=1S/C12H18N6O2/c1-3-10(19-4-2)11-14-12(20-16-11)9-7-18(17-15-9)8-5-13-6-8/h7-8,10,13H,3-6H2,1-2H3. The summed E-state index contributed by atoms with van der Waals surface area (Å²) in [6.07, 6.45) is 2.50. The number of hydrogen-bond acceptors (Lipinski definition) is 7. The van der Waals surface area contributed by atoms with Crippen molar-refractivity contribution in [3.05, 3.63) is 12.0 Å². The maximum Gasteiger partial charge on any atom is 0.280 e. The van der Waals surface area contributed by atoms with Crippen molar-refractivity contribution in [2.24, 2.45) is 0 Å². The molecule has 1 aliphatic rings. The monoisotopic (exact) mass is 278 g/mol. The molecule has 1 atom stereocenters. The minimum atomic E-state index is -0.136. The lowest BCUT2D eigenvalue weighted by molar-refractivity contribution is 0.0518. The fraction of sp³-hybridized carbons (Fsp3) is 0.667. The van der Waals surface area contributed by atoms with Crippen molar-refractivity contribution in [2.75, 3.05) is 19.7 Å². The van der Waals surface area contributed by atoms with E-state index in [1.807, 2.05) is 24.7 Å². The van der Waals surface area contributed by atoms with Crippen molar-refractivity contribution in [1.82, 2.24) is 30.5 Å². The van der Waals surface area contributed by atoms with E-state index in [1.165, 1.54) is 0 Å². The fourth-order valence-corrected chi connectivity index (χ4v) is 2.06.